The van der Waals surface area contributed by atoms with Gasteiger partial charge in [-0.05, 0) is 83.1 Å². The summed E-state index contributed by atoms with van der Waals surface area (Å²) in [6.07, 6.45) is 69.6. The fourth-order valence-corrected chi connectivity index (χ4v) is 8.01. The average Bonchev–Trinajstić information content (AvgIpc) is 3.31. The highest BCUT2D eigenvalue weighted by Crippen LogP contribution is 2.16. The van der Waals surface area contributed by atoms with Gasteiger partial charge in [0.1, 0.15) is 6.10 Å². The first kappa shape index (κ1) is 63.0. The summed E-state index contributed by atoms with van der Waals surface area (Å²) in [7, 11) is 0. The number of aliphatic hydroxyl groups excluding tert-OH is 2. The van der Waals surface area contributed by atoms with Gasteiger partial charge < -0.3 is 20.3 Å². The number of carbonyl (C=O) groups is 2. The van der Waals surface area contributed by atoms with E-state index >= 15 is 0 Å². The van der Waals surface area contributed by atoms with Gasteiger partial charge in [-0.2, -0.15) is 0 Å². The van der Waals surface area contributed by atoms with E-state index in [0.717, 1.165) is 83.5 Å². The summed E-state index contributed by atoms with van der Waals surface area (Å²) in [5.74, 6) is -0.648. The highest BCUT2D eigenvalue weighted by atomic mass is 16.5. The highest BCUT2D eigenvalue weighted by molar-refractivity contribution is 5.78. The molecule has 0 radical (unpaired) electrons. The third-order valence-corrected chi connectivity index (χ3v) is 12.2. The normalized spacial score (nSPS) is 13.8. The molecule has 0 rings (SSSR count). The SMILES string of the molecule is CC/C=C\C/C=C\C/C=C\C/C=C\C/C=C\C/C=C\C(CC(=O)NC(CO)C(O)CCCCCCCCCCCCCCCCCC)OC(=O)CCCCC/C=C\CCCCCCCCC. The van der Waals surface area contributed by atoms with Crippen molar-refractivity contribution < 1.29 is 24.5 Å². The van der Waals surface area contributed by atoms with Gasteiger partial charge in [0, 0.05) is 6.42 Å². The zero-order valence-corrected chi connectivity index (χ0v) is 43.3. The fourth-order valence-electron chi connectivity index (χ4n) is 8.01. The summed E-state index contributed by atoms with van der Waals surface area (Å²) in [5, 5.41) is 23.8. The van der Waals surface area contributed by atoms with Crippen LogP contribution in [0.4, 0.5) is 0 Å². The van der Waals surface area contributed by atoms with Crippen LogP contribution in [-0.2, 0) is 14.3 Å². The van der Waals surface area contributed by atoms with Gasteiger partial charge in [-0.15, -0.1) is 0 Å². The minimum atomic E-state index is -0.826. The number of unbranched alkanes of at least 4 members (excludes halogenated alkanes) is 25. The molecule has 0 aromatic carbocycles. The molecule has 0 spiro atoms. The third kappa shape index (κ3) is 47.5. The van der Waals surface area contributed by atoms with Crippen LogP contribution in [0, 0.1) is 0 Å². The molecular formula is C60H105NO5. The van der Waals surface area contributed by atoms with Crippen molar-refractivity contribution >= 4 is 11.9 Å². The monoisotopic (exact) mass is 920 g/mol. The molecule has 0 saturated heterocycles. The molecule has 3 unspecified atom stereocenters. The number of hydrogen-bond acceptors (Lipinski definition) is 5. The van der Waals surface area contributed by atoms with Crippen molar-refractivity contribution in [3.8, 4) is 0 Å². The first-order valence-electron chi connectivity index (χ1n) is 27.8. The quantitative estimate of drug-likeness (QED) is 0.0321. The van der Waals surface area contributed by atoms with Crippen molar-refractivity contribution in [2.45, 2.75) is 277 Å². The van der Waals surface area contributed by atoms with Crippen LogP contribution in [0.3, 0.4) is 0 Å². The molecular weight excluding hydrogens is 815 g/mol. The lowest BCUT2D eigenvalue weighted by molar-refractivity contribution is -0.148. The van der Waals surface area contributed by atoms with Crippen molar-refractivity contribution in [1.82, 2.24) is 5.32 Å². The summed E-state index contributed by atoms with van der Waals surface area (Å²) in [6, 6.07) is -0.750. The minimum Gasteiger partial charge on any atom is -0.458 e. The van der Waals surface area contributed by atoms with E-state index in [1.807, 2.05) is 6.08 Å². The van der Waals surface area contributed by atoms with Gasteiger partial charge in [0.25, 0.3) is 0 Å². The second-order valence-corrected chi connectivity index (χ2v) is 18.6. The molecule has 380 valence electrons. The zero-order chi connectivity index (χ0) is 48.1. The average molecular weight is 921 g/mol. The van der Waals surface area contributed by atoms with Crippen molar-refractivity contribution in [1.29, 1.82) is 0 Å². The predicted octanol–water partition coefficient (Wildman–Crippen LogP) is 17.1. The first-order valence-corrected chi connectivity index (χ1v) is 27.8. The Kier molecular flexibility index (Phi) is 50.6. The second kappa shape index (κ2) is 53.0. The van der Waals surface area contributed by atoms with E-state index in [2.05, 4.69) is 99.0 Å². The highest BCUT2D eigenvalue weighted by Gasteiger charge is 2.23. The van der Waals surface area contributed by atoms with Crippen LogP contribution in [0.15, 0.2) is 85.1 Å². The fraction of sp³-hybridized carbons (Fsp3) is 0.733. The molecule has 3 N–H and O–H groups in total. The van der Waals surface area contributed by atoms with Gasteiger partial charge in [0.15, 0.2) is 0 Å². The Morgan fingerprint density at radius 1 is 0.470 bits per heavy atom. The van der Waals surface area contributed by atoms with E-state index in [-0.39, 0.29) is 24.9 Å². The first-order chi connectivity index (χ1) is 32.5. The second-order valence-electron chi connectivity index (χ2n) is 18.6. The molecule has 0 bridgehead atoms. The maximum absolute atomic E-state index is 13.2. The minimum absolute atomic E-state index is 0.0558. The van der Waals surface area contributed by atoms with Crippen molar-refractivity contribution in [3.05, 3.63) is 85.1 Å². The van der Waals surface area contributed by atoms with Crippen LogP contribution in [0.1, 0.15) is 258 Å². The Hall–Kier alpha value is -2.96. The molecule has 0 fully saturated rings. The summed E-state index contributed by atoms with van der Waals surface area (Å²) >= 11 is 0. The summed E-state index contributed by atoms with van der Waals surface area (Å²) in [5.41, 5.74) is 0. The summed E-state index contributed by atoms with van der Waals surface area (Å²) < 4.78 is 5.83. The lowest BCUT2D eigenvalue weighted by Crippen LogP contribution is -2.46. The summed E-state index contributed by atoms with van der Waals surface area (Å²) in [4.78, 5) is 26.2. The standard InChI is InChI=1S/C60H105NO5/c1-4-7-10-13-16-19-22-25-28-30-31-33-36-39-42-45-48-51-56(66-60(65)53-50-47-44-41-38-35-27-24-21-18-15-12-9-6-3)54-59(64)61-57(55-62)58(63)52-49-46-43-40-37-34-32-29-26-23-20-17-14-11-8-5-2/h7,10,16,19,25,28,31,33,35,38-39,42,48,51,56-58,62-63H,4-6,8-9,11-15,17-18,20-24,26-27,29-30,32,34,36-37,40-41,43-47,49-50,52-55H2,1-3H3,(H,61,64)/b10-7-,19-16-,28-25-,33-31-,38-35-,42-39-,51-48-. The van der Waals surface area contributed by atoms with E-state index in [1.54, 1.807) is 6.08 Å². The van der Waals surface area contributed by atoms with Crippen molar-refractivity contribution in [2.75, 3.05) is 6.61 Å². The number of nitrogens with one attached hydrogen (secondary N) is 1. The van der Waals surface area contributed by atoms with Crippen LogP contribution in [0.5, 0.6) is 0 Å². The van der Waals surface area contributed by atoms with Crippen LogP contribution < -0.4 is 5.32 Å². The molecule has 1 amide bonds. The molecule has 0 aromatic heterocycles. The van der Waals surface area contributed by atoms with Gasteiger partial charge in [-0.1, -0.05) is 247 Å². The molecule has 66 heavy (non-hydrogen) atoms. The molecule has 6 nitrogen and oxygen atoms in total. The molecule has 0 saturated carbocycles. The number of rotatable bonds is 49. The van der Waals surface area contributed by atoms with Gasteiger partial charge in [-0.25, -0.2) is 0 Å². The number of carbonyl (C=O) groups excluding carboxylic acids is 2. The third-order valence-electron chi connectivity index (χ3n) is 12.2. The van der Waals surface area contributed by atoms with E-state index in [1.165, 1.54) is 128 Å². The predicted molar refractivity (Wildman–Crippen MR) is 287 cm³/mol. The number of aliphatic hydroxyl groups is 2. The lowest BCUT2D eigenvalue weighted by Gasteiger charge is -2.23. The van der Waals surface area contributed by atoms with Gasteiger partial charge in [-0.3, -0.25) is 9.59 Å². The molecule has 3 atom stereocenters. The topological polar surface area (TPSA) is 95.9 Å². The maximum Gasteiger partial charge on any atom is 0.306 e. The number of esters is 1. The zero-order valence-electron chi connectivity index (χ0n) is 43.3. The maximum atomic E-state index is 13.2. The molecule has 0 aliphatic carbocycles. The molecule has 0 aliphatic heterocycles. The van der Waals surface area contributed by atoms with Crippen LogP contribution in [0.25, 0.3) is 0 Å². The number of allylic oxidation sites excluding steroid dienone is 13. The molecule has 0 aliphatic rings. The summed E-state index contributed by atoms with van der Waals surface area (Å²) in [6.45, 7) is 6.34. The largest absolute Gasteiger partial charge is 0.458 e. The molecule has 6 heteroatoms. The van der Waals surface area contributed by atoms with Crippen LogP contribution >= 0.6 is 0 Å². The van der Waals surface area contributed by atoms with Crippen molar-refractivity contribution in [3.63, 3.8) is 0 Å². The van der Waals surface area contributed by atoms with Crippen LogP contribution in [0.2, 0.25) is 0 Å². The van der Waals surface area contributed by atoms with E-state index in [9.17, 15) is 19.8 Å². The molecule has 0 aromatic rings. The van der Waals surface area contributed by atoms with E-state index in [4.69, 9.17) is 4.74 Å². The van der Waals surface area contributed by atoms with Crippen LogP contribution in [-0.4, -0.2) is 46.9 Å². The molecule has 0 heterocycles. The van der Waals surface area contributed by atoms with Gasteiger partial charge >= 0.3 is 5.97 Å². The van der Waals surface area contributed by atoms with Gasteiger partial charge in [0.05, 0.1) is 25.2 Å². The lowest BCUT2D eigenvalue weighted by atomic mass is 10.0. The van der Waals surface area contributed by atoms with E-state index < -0.39 is 18.2 Å². The van der Waals surface area contributed by atoms with Crippen molar-refractivity contribution in [2.24, 2.45) is 0 Å². The van der Waals surface area contributed by atoms with E-state index in [0.29, 0.717) is 19.3 Å². The smallest absolute Gasteiger partial charge is 0.306 e. The Bertz CT molecular complexity index is 1260. The Labute approximate surface area is 408 Å². The Morgan fingerprint density at radius 2 is 0.848 bits per heavy atom. The Morgan fingerprint density at radius 3 is 1.27 bits per heavy atom. The number of ether oxygens (including phenoxy) is 1. The van der Waals surface area contributed by atoms with Gasteiger partial charge in [0.2, 0.25) is 5.91 Å². The number of hydrogen-bond donors (Lipinski definition) is 3. The number of amides is 1. The Balaban J connectivity index is 4.74.